The summed E-state index contributed by atoms with van der Waals surface area (Å²) >= 11 is 0. The van der Waals surface area contributed by atoms with E-state index in [-0.39, 0.29) is 18.2 Å². The Hall–Kier alpha value is -2.39. The van der Waals surface area contributed by atoms with Gasteiger partial charge in [0.1, 0.15) is 5.82 Å². The summed E-state index contributed by atoms with van der Waals surface area (Å²) in [5.41, 5.74) is 5.58. The molecule has 0 unspecified atom stereocenters. The van der Waals surface area contributed by atoms with Crippen LogP contribution in [0.15, 0.2) is 17.3 Å². The SMILES string of the molecule is Cc1nc(S(=O)(=O)NC(=O)Nc2c3c(cc4c2CCC4)CCC3)cn1CCO. The van der Waals surface area contributed by atoms with Crippen LogP contribution in [0.4, 0.5) is 10.5 Å². The monoisotopic (exact) mass is 404 g/mol. The first-order valence-electron chi connectivity index (χ1n) is 9.54. The summed E-state index contributed by atoms with van der Waals surface area (Å²) in [6.07, 6.45) is 7.21. The van der Waals surface area contributed by atoms with Crippen LogP contribution in [0, 0.1) is 6.92 Å². The van der Waals surface area contributed by atoms with Crippen LogP contribution in [0.3, 0.4) is 0 Å². The summed E-state index contributed by atoms with van der Waals surface area (Å²) in [5, 5.41) is 11.6. The maximum Gasteiger partial charge on any atom is 0.333 e. The number of nitrogens with one attached hydrogen (secondary N) is 2. The minimum atomic E-state index is -4.10. The number of fused-ring (bicyclic) bond motifs is 2. The maximum absolute atomic E-state index is 12.6. The van der Waals surface area contributed by atoms with E-state index in [1.807, 2.05) is 0 Å². The lowest BCUT2D eigenvalue weighted by Gasteiger charge is -2.16. The van der Waals surface area contributed by atoms with E-state index in [9.17, 15) is 13.2 Å². The van der Waals surface area contributed by atoms with E-state index in [1.165, 1.54) is 21.9 Å². The highest BCUT2D eigenvalue weighted by atomic mass is 32.2. The van der Waals surface area contributed by atoms with E-state index in [4.69, 9.17) is 5.11 Å². The van der Waals surface area contributed by atoms with Gasteiger partial charge in [-0.25, -0.2) is 14.5 Å². The highest BCUT2D eigenvalue weighted by Crippen LogP contribution is 2.38. The van der Waals surface area contributed by atoms with Crippen molar-refractivity contribution in [1.29, 1.82) is 0 Å². The molecule has 2 aliphatic rings. The number of aliphatic hydroxyl groups excluding tert-OH is 1. The van der Waals surface area contributed by atoms with Gasteiger partial charge in [-0.1, -0.05) is 6.07 Å². The number of benzene rings is 1. The molecule has 0 atom stereocenters. The van der Waals surface area contributed by atoms with Crippen LogP contribution in [0.1, 0.15) is 40.9 Å². The van der Waals surface area contributed by atoms with Gasteiger partial charge in [-0.05, 0) is 67.7 Å². The van der Waals surface area contributed by atoms with Crippen molar-refractivity contribution in [1.82, 2.24) is 14.3 Å². The van der Waals surface area contributed by atoms with Crippen LogP contribution in [0.5, 0.6) is 0 Å². The molecule has 9 heteroatoms. The lowest BCUT2D eigenvalue weighted by molar-refractivity contribution is 0.256. The standard InChI is InChI=1S/C19H24N4O4S/c1-12-20-17(11-23(12)8-9-24)28(26,27)22-19(25)21-18-15-6-2-4-13(15)10-14-5-3-7-16(14)18/h10-11,24H,2-9H2,1H3,(H2,21,22,25). The van der Waals surface area contributed by atoms with Gasteiger partial charge in [0.05, 0.1) is 6.61 Å². The van der Waals surface area contributed by atoms with Crippen LogP contribution >= 0.6 is 0 Å². The van der Waals surface area contributed by atoms with Gasteiger partial charge in [0.2, 0.25) is 0 Å². The number of carbonyl (C=O) groups excluding carboxylic acids is 1. The first kappa shape index (κ1) is 18.9. The maximum atomic E-state index is 12.6. The summed E-state index contributed by atoms with van der Waals surface area (Å²) in [6.45, 7) is 1.75. The fourth-order valence-electron chi connectivity index (χ4n) is 4.22. The summed E-state index contributed by atoms with van der Waals surface area (Å²) in [4.78, 5) is 16.5. The third-order valence-corrected chi connectivity index (χ3v) is 6.71. The average molecular weight is 404 g/mol. The van der Waals surface area contributed by atoms with E-state index in [2.05, 4.69) is 21.1 Å². The highest BCUT2D eigenvalue weighted by Gasteiger charge is 2.27. The lowest BCUT2D eigenvalue weighted by atomic mass is 9.99. The summed E-state index contributed by atoms with van der Waals surface area (Å²) in [6, 6.07) is 1.48. The van der Waals surface area contributed by atoms with Gasteiger partial charge in [0.25, 0.3) is 10.0 Å². The molecule has 0 aliphatic heterocycles. The molecule has 0 fully saturated rings. The number of aromatic nitrogens is 2. The second kappa shape index (κ2) is 7.21. The number of amides is 2. The molecule has 1 aromatic heterocycles. The zero-order valence-corrected chi connectivity index (χ0v) is 16.6. The Morgan fingerprint density at radius 3 is 2.43 bits per heavy atom. The number of hydrogen-bond acceptors (Lipinski definition) is 5. The number of anilines is 1. The number of nitrogens with zero attached hydrogens (tertiary/aromatic N) is 2. The molecule has 0 spiro atoms. The number of sulfonamides is 1. The van der Waals surface area contributed by atoms with Crippen molar-refractivity contribution in [3.8, 4) is 0 Å². The van der Waals surface area contributed by atoms with Crippen LogP contribution in [-0.2, 0) is 42.3 Å². The molecule has 150 valence electrons. The predicted molar refractivity (Wildman–Crippen MR) is 104 cm³/mol. The normalized spacial score (nSPS) is 15.4. The molecule has 8 nitrogen and oxygen atoms in total. The van der Waals surface area contributed by atoms with Crippen molar-refractivity contribution in [3.63, 3.8) is 0 Å². The van der Waals surface area contributed by atoms with Gasteiger partial charge >= 0.3 is 6.03 Å². The summed E-state index contributed by atoms with van der Waals surface area (Å²) in [7, 11) is -4.10. The number of hydrogen-bond donors (Lipinski definition) is 3. The van der Waals surface area contributed by atoms with Crippen LogP contribution in [0.2, 0.25) is 0 Å². The molecular weight excluding hydrogens is 380 g/mol. The average Bonchev–Trinajstić information content (AvgIpc) is 3.35. The number of carbonyl (C=O) groups is 1. The van der Waals surface area contributed by atoms with Crippen LogP contribution in [-0.4, -0.2) is 35.7 Å². The molecule has 2 aliphatic carbocycles. The molecule has 28 heavy (non-hydrogen) atoms. The van der Waals surface area contributed by atoms with Gasteiger partial charge in [-0.3, -0.25) is 0 Å². The van der Waals surface area contributed by atoms with E-state index in [0.717, 1.165) is 55.3 Å². The van der Waals surface area contributed by atoms with E-state index in [0.29, 0.717) is 5.82 Å². The third-order valence-electron chi connectivity index (χ3n) is 5.51. The van der Waals surface area contributed by atoms with Crippen molar-refractivity contribution in [2.45, 2.75) is 57.0 Å². The molecule has 3 N–H and O–H groups in total. The second-order valence-corrected chi connectivity index (χ2v) is 8.97. The van der Waals surface area contributed by atoms with Crippen LogP contribution in [0.25, 0.3) is 0 Å². The Labute approximate surface area is 164 Å². The molecule has 0 saturated carbocycles. The Morgan fingerprint density at radius 2 is 1.82 bits per heavy atom. The Bertz CT molecular complexity index is 1010. The molecule has 2 amide bonds. The minimum absolute atomic E-state index is 0.130. The smallest absolute Gasteiger partial charge is 0.333 e. The fraction of sp³-hybridized carbons (Fsp3) is 0.474. The predicted octanol–water partition coefficient (Wildman–Crippen LogP) is 1.67. The van der Waals surface area contributed by atoms with E-state index < -0.39 is 16.1 Å². The van der Waals surface area contributed by atoms with Crippen molar-refractivity contribution >= 4 is 21.7 Å². The third kappa shape index (κ3) is 3.40. The molecular formula is C19H24N4O4S. The molecule has 1 aromatic carbocycles. The Kier molecular flexibility index (Phi) is 4.88. The summed E-state index contributed by atoms with van der Waals surface area (Å²) < 4.78 is 28.7. The van der Waals surface area contributed by atoms with E-state index >= 15 is 0 Å². The van der Waals surface area contributed by atoms with E-state index in [1.54, 1.807) is 6.92 Å². The quantitative estimate of drug-likeness (QED) is 0.702. The number of aliphatic hydroxyl groups is 1. The highest BCUT2D eigenvalue weighted by molar-refractivity contribution is 7.90. The zero-order valence-electron chi connectivity index (χ0n) is 15.8. The first-order chi connectivity index (χ1) is 13.4. The van der Waals surface area contributed by atoms with Gasteiger partial charge in [-0.15, -0.1) is 0 Å². The van der Waals surface area contributed by atoms with Crippen molar-refractivity contribution < 1.29 is 18.3 Å². The first-order valence-corrected chi connectivity index (χ1v) is 11.0. The topological polar surface area (TPSA) is 113 Å². The molecule has 0 bridgehead atoms. The van der Waals surface area contributed by atoms with Crippen molar-refractivity contribution in [2.75, 3.05) is 11.9 Å². The second-order valence-electron chi connectivity index (χ2n) is 7.34. The largest absolute Gasteiger partial charge is 0.395 e. The van der Waals surface area contributed by atoms with Gasteiger partial charge in [-0.2, -0.15) is 8.42 Å². The van der Waals surface area contributed by atoms with Gasteiger partial charge in [0.15, 0.2) is 5.03 Å². The van der Waals surface area contributed by atoms with Crippen LogP contribution < -0.4 is 10.0 Å². The number of aryl methyl sites for hydroxylation is 3. The number of imidazole rings is 1. The molecule has 0 radical (unpaired) electrons. The zero-order chi connectivity index (χ0) is 19.9. The fourth-order valence-corrected chi connectivity index (χ4v) is 5.14. The van der Waals surface area contributed by atoms with Crippen molar-refractivity contribution in [2.24, 2.45) is 0 Å². The summed E-state index contributed by atoms with van der Waals surface area (Å²) in [5.74, 6) is 0.452. The number of rotatable bonds is 5. The van der Waals surface area contributed by atoms with Gasteiger partial charge in [0, 0.05) is 18.4 Å². The van der Waals surface area contributed by atoms with Crippen molar-refractivity contribution in [3.05, 3.63) is 40.3 Å². The molecule has 4 rings (SSSR count). The minimum Gasteiger partial charge on any atom is -0.395 e. The molecule has 2 aromatic rings. The lowest BCUT2D eigenvalue weighted by Crippen LogP contribution is -2.35. The van der Waals surface area contributed by atoms with Gasteiger partial charge < -0.3 is 15.0 Å². The molecule has 1 heterocycles. The molecule has 0 saturated heterocycles. The Balaban J connectivity index is 1.56. The Morgan fingerprint density at radius 1 is 1.18 bits per heavy atom. The number of urea groups is 1.